The predicted octanol–water partition coefficient (Wildman–Crippen LogP) is 9.11. The van der Waals surface area contributed by atoms with Gasteiger partial charge in [-0.2, -0.15) is 45.5 Å². The Morgan fingerprint density at radius 2 is 1.11 bits per heavy atom. The molecule has 0 saturated heterocycles. The highest BCUT2D eigenvalue weighted by Gasteiger charge is 2.40. The van der Waals surface area contributed by atoms with Crippen LogP contribution in [0.4, 0.5) is 39.5 Å². The molecule has 0 saturated carbocycles. The fourth-order valence-electron chi connectivity index (χ4n) is 9.92. The smallest absolute Gasteiger partial charge is 0.330 e. The van der Waals surface area contributed by atoms with E-state index >= 15 is 0 Å². The number of H-pyrrole nitrogens is 1. The minimum atomic E-state index is -4.67. The molecule has 85 heavy (non-hydrogen) atoms. The normalized spacial score (nSPS) is 16.6. The molecule has 440 valence electrons. The Balaban J connectivity index is 0.000000142. The summed E-state index contributed by atoms with van der Waals surface area (Å²) in [5, 5.41) is 30.7. The lowest BCUT2D eigenvalue weighted by atomic mass is 9.98. The molecule has 3 aromatic carbocycles. The lowest BCUT2D eigenvalue weighted by molar-refractivity contribution is -0.138. The van der Waals surface area contributed by atoms with Gasteiger partial charge in [-0.25, -0.2) is 33.1 Å². The quantitative estimate of drug-likeness (QED) is 0.153. The first-order valence-corrected chi connectivity index (χ1v) is 26.3. The molecule has 2 unspecified atom stereocenters. The second-order valence-corrected chi connectivity index (χ2v) is 20.4. The largest absolute Gasteiger partial charge is 0.417 e. The average Bonchev–Trinajstić information content (AvgIpc) is 2.26. The van der Waals surface area contributed by atoms with Crippen LogP contribution in [0.3, 0.4) is 0 Å². The fourth-order valence-corrected chi connectivity index (χ4v) is 10.4. The van der Waals surface area contributed by atoms with Gasteiger partial charge < -0.3 is 14.7 Å². The van der Waals surface area contributed by atoms with Crippen molar-refractivity contribution < 1.29 is 53.9 Å². The van der Waals surface area contributed by atoms with E-state index in [1.54, 1.807) is 23.9 Å². The van der Waals surface area contributed by atoms with Gasteiger partial charge in [-0.3, -0.25) is 19.5 Å². The molecule has 0 radical (unpaired) electrons. The highest BCUT2D eigenvalue weighted by molar-refractivity contribution is 6.34. The zero-order chi connectivity index (χ0) is 60.8. The SMILES string of the molecule is CC1Cc2c(nnn2-c2ncc(F)cn2)CN1C(=O)c1ccc(Cl)cc1F.C[C@H]1c2nnn(-c3ncc(F)cn3)c2CCN1C(=O)c1cccc(C(F)(F)F)c1Cl.Cc1c(C(=O)N2Cc3nnn(-c4ccn[nH]4)c3CC2C)cccc1C(F)(F)F. The van der Waals surface area contributed by atoms with Crippen LogP contribution in [0.5, 0.6) is 0 Å². The van der Waals surface area contributed by atoms with Gasteiger partial charge in [-0.05, 0) is 75.7 Å². The van der Waals surface area contributed by atoms with Crippen molar-refractivity contribution in [1.82, 2.24) is 89.8 Å². The number of carbonyl (C=O) groups excluding carboxylic acids is 3. The van der Waals surface area contributed by atoms with Gasteiger partial charge >= 0.3 is 12.4 Å². The molecule has 3 atom stereocenters. The van der Waals surface area contributed by atoms with Crippen molar-refractivity contribution in [1.29, 1.82) is 0 Å². The Morgan fingerprint density at radius 1 is 0.600 bits per heavy atom. The molecule has 0 aliphatic carbocycles. The molecule has 1 N–H and O–H groups in total. The Bertz CT molecular complexity index is 3970. The molecule has 3 aliphatic rings. The first kappa shape index (κ1) is 59.0. The van der Waals surface area contributed by atoms with Crippen molar-refractivity contribution in [2.24, 2.45) is 0 Å². The summed E-state index contributed by atoms with van der Waals surface area (Å²) >= 11 is 11.7. The van der Waals surface area contributed by atoms with Gasteiger partial charge in [0.2, 0.25) is 0 Å². The number of alkyl halides is 6. The zero-order valence-corrected chi connectivity index (χ0v) is 46.1. The summed E-state index contributed by atoms with van der Waals surface area (Å²) < 4.78 is 124. The monoisotopic (exact) mass is 1220 g/mol. The van der Waals surface area contributed by atoms with Crippen molar-refractivity contribution in [3.05, 3.63) is 187 Å². The van der Waals surface area contributed by atoms with Gasteiger partial charge in [0.1, 0.15) is 22.9 Å². The number of hydrogen-bond donors (Lipinski definition) is 1. The van der Waals surface area contributed by atoms with E-state index in [-0.39, 0.29) is 70.9 Å². The standard InChI is InChI=1S/C18H13ClF4N6O.C18H17F3N6O.C17H13ClF2N6O/c1-9-15-13(29(27-26-15)17-24-7-10(20)8-25-17)5-6-28(9)16(30)11-3-2-4-12(14(11)19)18(21,22)23;1-10-8-15-14(23-25-27(15)16-6-7-22-24-16)9-26(10)17(28)12-4-3-5-13(11(12)2)18(19,20)21;1-9-4-15-14(23-24-26(15)17-21-6-11(19)7-22-17)8-25(9)16(27)12-3-2-10(18)5-13(12)20/h2-4,7-9H,5-6H2,1H3;3-7,10H,8-9H2,1-2H3,(H,22,24);2-3,5-7,9H,4,8H2,1H3/t9-;;/m0../s1. The van der Waals surface area contributed by atoms with E-state index in [0.717, 1.165) is 60.4 Å². The molecule has 0 fully saturated rings. The predicted molar refractivity (Wildman–Crippen MR) is 281 cm³/mol. The van der Waals surface area contributed by atoms with Crippen LogP contribution in [-0.4, -0.2) is 126 Å². The number of nitrogens with zero attached hydrogens (tertiary/aromatic N) is 17. The average molecular weight is 1220 g/mol. The minimum absolute atomic E-state index is 0.0473. The number of carbonyl (C=O) groups is 3. The number of nitrogens with one attached hydrogen (secondary N) is 1. The van der Waals surface area contributed by atoms with E-state index in [1.807, 2.05) is 13.8 Å². The Hall–Kier alpha value is -9.19. The van der Waals surface area contributed by atoms with Crippen LogP contribution in [0, 0.1) is 24.4 Å². The first-order chi connectivity index (χ1) is 40.4. The van der Waals surface area contributed by atoms with Crippen LogP contribution in [0.15, 0.2) is 91.6 Å². The van der Waals surface area contributed by atoms with Crippen molar-refractivity contribution in [3.63, 3.8) is 0 Å². The Morgan fingerprint density at radius 3 is 1.66 bits per heavy atom. The van der Waals surface area contributed by atoms with Crippen LogP contribution in [0.1, 0.15) is 109 Å². The van der Waals surface area contributed by atoms with E-state index in [2.05, 4.69) is 61.1 Å². The lowest BCUT2D eigenvalue weighted by Crippen LogP contribution is -2.43. The highest BCUT2D eigenvalue weighted by Crippen LogP contribution is 2.39. The Labute approximate surface area is 484 Å². The van der Waals surface area contributed by atoms with Gasteiger partial charge in [0, 0.05) is 54.5 Å². The Kier molecular flexibility index (Phi) is 16.3. The molecule has 21 nitrogen and oxygen atoms in total. The van der Waals surface area contributed by atoms with Gasteiger partial charge in [-0.15, -0.1) is 15.3 Å². The summed E-state index contributed by atoms with van der Waals surface area (Å²) in [7, 11) is 0. The number of halogens is 11. The highest BCUT2D eigenvalue weighted by atomic mass is 35.5. The molecule has 6 aromatic heterocycles. The second kappa shape index (κ2) is 23.5. The van der Waals surface area contributed by atoms with Crippen LogP contribution >= 0.6 is 23.2 Å². The van der Waals surface area contributed by atoms with Gasteiger partial charge in [0.15, 0.2) is 17.5 Å². The third-order valence-electron chi connectivity index (χ3n) is 14.3. The molecule has 9 heterocycles. The summed E-state index contributed by atoms with van der Waals surface area (Å²) in [4.78, 5) is 58.8. The summed E-state index contributed by atoms with van der Waals surface area (Å²) in [5.74, 6) is -2.38. The first-order valence-electron chi connectivity index (χ1n) is 25.6. The zero-order valence-electron chi connectivity index (χ0n) is 44.6. The van der Waals surface area contributed by atoms with E-state index < -0.39 is 69.7 Å². The van der Waals surface area contributed by atoms with E-state index in [9.17, 15) is 53.9 Å². The number of hydrogen-bond acceptors (Lipinski definition) is 14. The number of aromatic nitrogens is 15. The summed E-state index contributed by atoms with van der Waals surface area (Å²) in [5.41, 5.74) is 1.66. The van der Waals surface area contributed by atoms with E-state index in [0.29, 0.717) is 47.9 Å². The molecule has 3 amide bonds. The van der Waals surface area contributed by atoms with Crippen LogP contribution < -0.4 is 0 Å². The maximum absolute atomic E-state index is 14.1. The molecule has 9 aromatic rings. The molecular formula is C53H43Cl2F9N18O3. The minimum Gasteiger partial charge on any atom is -0.330 e. The second-order valence-electron chi connectivity index (χ2n) is 19.6. The van der Waals surface area contributed by atoms with Crippen molar-refractivity contribution in [3.8, 4) is 17.7 Å². The number of amides is 3. The maximum atomic E-state index is 14.1. The number of benzene rings is 3. The number of fused-ring (bicyclic) bond motifs is 3. The molecule has 3 aliphatic heterocycles. The number of rotatable bonds is 6. The number of aromatic amines is 1. The maximum Gasteiger partial charge on any atom is 0.417 e. The summed E-state index contributed by atoms with van der Waals surface area (Å²) in [6.45, 7) is 7.24. The summed E-state index contributed by atoms with van der Waals surface area (Å²) in [6, 6.07) is 11.5. The molecule has 0 bridgehead atoms. The van der Waals surface area contributed by atoms with E-state index in [4.69, 9.17) is 23.2 Å². The third-order valence-corrected chi connectivity index (χ3v) is 14.9. The molecule has 0 spiro atoms. The third kappa shape index (κ3) is 11.9. The van der Waals surface area contributed by atoms with Crippen molar-refractivity contribution in [2.45, 2.75) is 90.5 Å². The molecular weight excluding hydrogens is 1180 g/mol. The van der Waals surface area contributed by atoms with E-state index in [1.165, 1.54) is 61.3 Å². The van der Waals surface area contributed by atoms with Crippen LogP contribution in [0.25, 0.3) is 17.7 Å². The van der Waals surface area contributed by atoms with Gasteiger partial charge in [0.05, 0.1) is 94.5 Å². The van der Waals surface area contributed by atoms with Crippen LogP contribution in [-0.2, 0) is 44.7 Å². The summed E-state index contributed by atoms with van der Waals surface area (Å²) in [6.07, 6.45) is -2.31. The van der Waals surface area contributed by atoms with Crippen molar-refractivity contribution >= 4 is 40.9 Å². The van der Waals surface area contributed by atoms with Gasteiger partial charge in [-0.1, -0.05) is 51.0 Å². The van der Waals surface area contributed by atoms with Gasteiger partial charge in [0.25, 0.3) is 29.6 Å². The van der Waals surface area contributed by atoms with Crippen LogP contribution in [0.2, 0.25) is 10.0 Å². The lowest BCUT2D eigenvalue weighted by Gasteiger charge is -2.33. The van der Waals surface area contributed by atoms with Crippen molar-refractivity contribution in [2.75, 3.05) is 6.54 Å². The molecule has 12 rings (SSSR count). The topological polar surface area (TPSA) is 233 Å². The fraction of sp³-hybridized carbons (Fsp3) is 0.283. The molecule has 32 heteroatoms.